The standard InChI is InChI=1S/C14H13BrFN3/c15-14-11-8-17-6-5-12(11)18-13(19-14)7-9-1-3-10(16)4-2-9/h1-4,17H,5-8H2. The average Bonchev–Trinajstić information content (AvgIpc) is 2.42. The van der Waals surface area contributed by atoms with Gasteiger partial charge in [0.05, 0.1) is 5.69 Å². The molecular weight excluding hydrogens is 309 g/mol. The Bertz CT molecular complexity index is 598. The first kappa shape index (κ1) is 12.7. The van der Waals surface area contributed by atoms with Gasteiger partial charge in [0.2, 0.25) is 0 Å². The van der Waals surface area contributed by atoms with Crippen molar-refractivity contribution in [1.82, 2.24) is 15.3 Å². The lowest BCUT2D eigenvalue weighted by Crippen LogP contribution is -2.26. The van der Waals surface area contributed by atoms with Gasteiger partial charge in [-0.25, -0.2) is 14.4 Å². The minimum Gasteiger partial charge on any atom is -0.312 e. The molecular formula is C14H13BrFN3. The molecule has 3 nitrogen and oxygen atoms in total. The van der Waals surface area contributed by atoms with Gasteiger partial charge in [0, 0.05) is 31.5 Å². The molecule has 2 aromatic rings. The van der Waals surface area contributed by atoms with Gasteiger partial charge in [-0.2, -0.15) is 0 Å². The Balaban J connectivity index is 1.89. The van der Waals surface area contributed by atoms with E-state index in [1.165, 1.54) is 12.1 Å². The van der Waals surface area contributed by atoms with Crippen LogP contribution in [0.15, 0.2) is 28.9 Å². The lowest BCUT2D eigenvalue weighted by atomic mass is 10.1. The zero-order valence-electron chi connectivity index (χ0n) is 10.3. The van der Waals surface area contributed by atoms with Crippen molar-refractivity contribution < 1.29 is 4.39 Å². The van der Waals surface area contributed by atoms with Crippen LogP contribution in [0, 0.1) is 5.82 Å². The highest BCUT2D eigenvalue weighted by atomic mass is 79.9. The van der Waals surface area contributed by atoms with E-state index in [0.29, 0.717) is 6.42 Å². The Hall–Kier alpha value is -1.33. The SMILES string of the molecule is Fc1ccc(Cc2nc(Br)c3c(n2)CCNC3)cc1. The van der Waals surface area contributed by atoms with Crippen molar-refractivity contribution in [3.05, 3.63) is 57.3 Å². The lowest BCUT2D eigenvalue weighted by Gasteiger charge is -2.17. The summed E-state index contributed by atoms with van der Waals surface area (Å²) < 4.78 is 13.7. The van der Waals surface area contributed by atoms with Crippen LogP contribution in [0.2, 0.25) is 0 Å². The van der Waals surface area contributed by atoms with E-state index in [1.54, 1.807) is 12.1 Å². The van der Waals surface area contributed by atoms with E-state index in [0.717, 1.165) is 46.8 Å². The third-order valence-electron chi connectivity index (χ3n) is 3.20. The van der Waals surface area contributed by atoms with Crippen molar-refractivity contribution in [2.24, 2.45) is 0 Å². The maximum Gasteiger partial charge on any atom is 0.134 e. The summed E-state index contributed by atoms with van der Waals surface area (Å²) >= 11 is 3.51. The molecule has 1 aromatic heterocycles. The predicted molar refractivity (Wildman–Crippen MR) is 74.3 cm³/mol. The van der Waals surface area contributed by atoms with E-state index >= 15 is 0 Å². The first-order chi connectivity index (χ1) is 9.22. The van der Waals surface area contributed by atoms with Crippen molar-refractivity contribution in [2.45, 2.75) is 19.4 Å². The second-order valence-corrected chi connectivity index (χ2v) is 5.34. The summed E-state index contributed by atoms with van der Waals surface area (Å²) in [7, 11) is 0. The summed E-state index contributed by atoms with van der Waals surface area (Å²) in [6.07, 6.45) is 1.55. The molecule has 5 heteroatoms. The van der Waals surface area contributed by atoms with Gasteiger partial charge in [0.1, 0.15) is 16.2 Å². The Kier molecular flexibility index (Phi) is 3.57. The van der Waals surface area contributed by atoms with Gasteiger partial charge in [-0.05, 0) is 33.6 Å². The molecule has 0 saturated carbocycles. The van der Waals surface area contributed by atoms with Crippen molar-refractivity contribution in [3.63, 3.8) is 0 Å². The minimum absolute atomic E-state index is 0.220. The molecule has 1 aliphatic heterocycles. The molecule has 0 aliphatic carbocycles. The van der Waals surface area contributed by atoms with Crippen LogP contribution in [0.3, 0.4) is 0 Å². The summed E-state index contributed by atoms with van der Waals surface area (Å²) in [4.78, 5) is 9.09. The van der Waals surface area contributed by atoms with Gasteiger partial charge in [-0.15, -0.1) is 0 Å². The number of rotatable bonds is 2. The molecule has 1 aliphatic rings. The Morgan fingerprint density at radius 2 is 2.00 bits per heavy atom. The smallest absolute Gasteiger partial charge is 0.134 e. The molecule has 19 heavy (non-hydrogen) atoms. The fraction of sp³-hybridized carbons (Fsp3) is 0.286. The Labute approximate surface area is 119 Å². The summed E-state index contributed by atoms with van der Waals surface area (Å²) in [6, 6.07) is 6.47. The molecule has 0 atom stereocenters. The van der Waals surface area contributed by atoms with Crippen LogP contribution >= 0.6 is 15.9 Å². The molecule has 1 N–H and O–H groups in total. The molecule has 0 bridgehead atoms. The number of hydrogen-bond acceptors (Lipinski definition) is 3. The van der Waals surface area contributed by atoms with Gasteiger partial charge in [0.15, 0.2) is 0 Å². The first-order valence-corrected chi connectivity index (χ1v) is 7.01. The topological polar surface area (TPSA) is 37.8 Å². The minimum atomic E-state index is -0.220. The van der Waals surface area contributed by atoms with Crippen LogP contribution in [0.5, 0.6) is 0 Å². The molecule has 0 spiro atoms. The molecule has 3 rings (SSSR count). The third kappa shape index (κ3) is 2.82. The number of hydrogen-bond donors (Lipinski definition) is 1. The fourth-order valence-corrected chi connectivity index (χ4v) is 2.79. The number of benzene rings is 1. The van der Waals surface area contributed by atoms with E-state index in [-0.39, 0.29) is 5.82 Å². The summed E-state index contributed by atoms with van der Waals surface area (Å²) in [5.41, 5.74) is 3.27. The molecule has 98 valence electrons. The lowest BCUT2D eigenvalue weighted by molar-refractivity contribution is 0.616. The zero-order valence-corrected chi connectivity index (χ0v) is 11.9. The van der Waals surface area contributed by atoms with Gasteiger partial charge >= 0.3 is 0 Å². The maximum atomic E-state index is 12.9. The Morgan fingerprint density at radius 1 is 1.21 bits per heavy atom. The molecule has 0 radical (unpaired) electrons. The molecule has 1 aromatic carbocycles. The number of nitrogens with one attached hydrogen (secondary N) is 1. The highest BCUT2D eigenvalue weighted by Gasteiger charge is 2.16. The fourth-order valence-electron chi connectivity index (χ4n) is 2.21. The van der Waals surface area contributed by atoms with Crippen LogP contribution in [0.25, 0.3) is 0 Å². The highest BCUT2D eigenvalue weighted by Crippen LogP contribution is 2.21. The quantitative estimate of drug-likeness (QED) is 0.864. The molecule has 0 amide bonds. The number of nitrogens with zero attached hydrogens (tertiary/aromatic N) is 2. The van der Waals surface area contributed by atoms with E-state index in [2.05, 4.69) is 31.2 Å². The van der Waals surface area contributed by atoms with E-state index in [4.69, 9.17) is 0 Å². The monoisotopic (exact) mass is 321 g/mol. The highest BCUT2D eigenvalue weighted by molar-refractivity contribution is 9.10. The van der Waals surface area contributed by atoms with Crippen molar-refractivity contribution in [1.29, 1.82) is 0 Å². The van der Waals surface area contributed by atoms with E-state index in [1.807, 2.05) is 0 Å². The zero-order chi connectivity index (χ0) is 13.2. The molecule has 2 heterocycles. The van der Waals surface area contributed by atoms with Crippen molar-refractivity contribution in [2.75, 3.05) is 6.54 Å². The summed E-state index contributed by atoms with van der Waals surface area (Å²) in [6.45, 7) is 1.76. The van der Waals surface area contributed by atoms with Crippen LogP contribution in [0.4, 0.5) is 4.39 Å². The van der Waals surface area contributed by atoms with Gasteiger partial charge in [0.25, 0.3) is 0 Å². The van der Waals surface area contributed by atoms with Gasteiger partial charge in [-0.3, -0.25) is 0 Å². The molecule has 0 saturated heterocycles. The summed E-state index contributed by atoms with van der Waals surface area (Å²) in [5, 5.41) is 3.31. The average molecular weight is 322 g/mol. The van der Waals surface area contributed by atoms with Crippen molar-refractivity contribution in [3.8, 4) is 0 Å². The van der Waals surface area contributed by atoms with E-state index in [9.17, 15) is 4.39 Å². The number of fused-ring (bicyclic) bond motifs is 1. The third-order valence-corrected chi connectivity index (χ3v) is 3.86. The summed E-state index contributed by atoms with van der Waals surface area (Å²) in [5.74, 6) is 0.557. The second kappa shape index (κ2) is 5.35. The first-order valence-electron chi connectivity index (χ1n) is 6.22. The van der Waals surface area contributed by atoms with Gasteiger partial charge in [-0.1, -0.05) is 12.1 Å². The van der Waals surface area contributed by atoms with Crippen LogP contribution < -0.4 is 5.32 Å². The molecule has 0 unspecified atom stereocenters. The predicted octanol–water partition coefficient (Wildman–Crippen LogP) is 2.61. The largest absolute Gasteiger partial charge is 0.312 e. The van der Waals surface area contributed by atoms with E-state index < -0.39 is 0 Å². The van der Waals surface area contributed by atoms with Crippen molar-refractivity contribution >= 4 is 15.9 Å². The van der Waals surface area contributed by atoms with Crippen LogP contribution in [-0.2, 0) is 19.4 Å². The molecule has 0 fully saturated rings. The maximum absolute atomic E-state index is 12.9. The number of aromatic nitrogens is 2. The van der Waals surface area contributed by atoms with Crippen LogP contribution in [0.1, 0.15) is 22.6 Å². The Morgan fingerprint density at radius 3 is 2.79 bits per heavy atom. The second-order valence-electron chi connectivity index (χ2n) is 4.59. The normalized spacial score (nSPS) is 14.2. The van der Waals surface area contributed by atoms with Crippen LogP contribution in [-0.4, -0.2) is 16.5 Å². The number of halogens is 2. The van der Waals surface area contributed by atoms with Gasteiger partial charge < -0.3 is 5.32 Å².